The van der Waals surface area contributed by atoms with Gasteiger partial charge in [-0.25, -0.2) is 0 Å². The maximum absolute atomic E-state index is 4.16. The average Bonchev–Trinajstić information content (AvgIpc) is 3.98. The molecule has 0 heterocycles. The number of fused-ring (bicyclic) bond motifs is 24. The van der Waals surface area contributed by atoms with Crippen molar-refractivity contribution in [3.8, 4) is 55.6 Å². The summed E-state index contributed by atoms with van der Waals surface area (Å²) in [5.74, 6) is 0. The fourth-order valence-corrected chi connectivity index (χ4v) is 13.4. The Kier molecular flexibility index (Phi) is 6.53. The molecule has 0 aliphatic heterocycles. The second-order valence-corrected chi connectivity index (χ2v) is 18.6. The van der Waals surface area contributed by atoms with E-state index in [0.717, 1.165) is 8.95 Å². The van der Waals surface area contributed by atoms with Gasteiger partial charge in [-0.3, -0.25) is 0 Å². The van der Waals surface area contributed by atoms with Crippen LogP contribution >= 0.6 is 31.9 Å². The van der Waals surface area contributed by atoms with Gasteiger partial charge < -0.3 is 0 Å². The molecule has 0 nitrogen and oxygen atoms in total. The van der Waals surface area contributed by atoms with E-state index in [1.165, 1.54) is 122 Å². The van der Waals surface area contributed by atoms with E-state index in [1.807, 2.05) is 0 Å². The molecule has 2 unspecified atom stereocenters. The molecule has 0 saturated heterocycles. The molecule has 2 spiro atoms. The van der Waals surface area contributed by atoms with Crippen LogP contribution in [0.1, 0.15) is 44.5 Å². The highest BCUT2D eigenvalue weighted by Gasteiger charge is 2.54. The summed E-state index contributed by atoms with van der Waals surface area (Å²) in [6.07, 6.45) is 0. The number of rotatable bonds is 1. The largest absolute Gasteiger partial charge is 0.0736 e. The lowest BCUT2D eigenvalue weighted by Gasteiger charge is -2.31. The summed E-state index contributed by atoms with van der Waals surface area (Å²) in [5.41, 5.74) is 23.0. The SMILES string of the molecule is Brc1ccc2c(c1)-c1ccccc1C21c2ccccc2-c2c1ccc1ccc(-c3cccc4c3-c3cccc(Br)c3C43c4ccccc4-c4c3ccc3ccccc43)cc21. The molecule has 4 aliphatic carbocycles. The fraction of sp³-hybridized carbons (Fsp3) is 0.0345. The Morgan fingerprint density at radius 1 is 0.300 bits per heavy atom. The number of hydrogen-bond donors (Lipinski definition) is 0. The van der Waals surface area contributed by atoms with Crippen LogP contribution in [0.4, 0.5) is 0 Å². The third kappa shape index (κ3) is 3.85. The highest BCUT2D eigenvalue weighted by molar-refractivity contribution is 9.10. The van der Waals surface area contributed by atoms with Gasteiger partial charge in [0.15, 0.2) is 0 Å². The summed E-state index contributed by atoms with van der Waals surface area (Å²) in [6, 6.07) is 73.7. The van der Waals surface area contributed by atoms with E-state index in [0.29, 0.717) is 0 Å². The molecule has 10 aromatic rings. The molecule has 0 fully saturated rings. The van der Waals surface area contributed by atoms with Crippen molar-refractivity contribution >= 4 is 53.4 Å². The minimum Gasteiger partial charge on any atom is -0.0619 e. The van der Waals surface area contributed by atoms with Crippen LogP contribution in [0.15, 0.2) is 203 Å². The molecule has 14 rings (SSSR count). The lowest BCUT2D eigenvalue weighted by molar-refractivity contribution is 0.790. The lowest BCUT2D eigenvalue weighted by atomic mass is 9.70. The van der Waals surface area contributed by atoms with Crippen LogP contribution in [-0.2, 0) is 10.8 Å². The van der Waals surface area contributed by atoms with Crippen molar-refractivity contribution in [3.05, 3.63) is 248 Å². The normalized spacial score (nSPS) is 18.0. The first-order chi connectivity index (χ1) is 29.6. The van der Waals surface area contributed by atoms with Gasteiger partial charge in [0.25, 0.3) is 0 Å². The topological polar surface area (TPSA) is 0 Å². The summed E-state index contributed by atoms with van der Waals surface area (Å²) < 4.78 is 2.24. The molecule has 0 radical (unpaired) electrons. The molecule has 0 bridgehead atoms. The molecule has 0 aromatic heterocycles. The van der Waals surface area contributed by atoms with Gasteiger partial charge in [-0.1, -0.05) is 202 Å². The maximum Gasteiger partial charge on any atom is 0.0736 e. The smallest absolute Gasteiger partial charge is 0.0619 e. The Labute approximate surface area is 365 Å². The Hall–Kier alpha value is -6.32. The van der Waals surface area contributed by atoms with Crippen molar-refractivity contribution in [2.75, 3.05) is 0 Å². The zero-order chi connectivity index (χ0) is 39.5. The van der Waals surface area contributed by atoms with Crippen LogP contribution in [0.3, 0.4) is 0 Å². The van der Waals surface area contributed by atoms with Crippen LogP contribution in [0, 0.1) is 0 Å². The molecule has 0 amide bonds. The Morgan fingerprint density at radius 2 is 0.817 bits per heavy atom. The van der Waals surface area contributed by atoms with Crippen molar-refractivity contribution in [3.63, 3.8) is 0 Å². The maximum atomic E-state index is 4.16. The summed E-state index contributed by atoms with van der Waals surface area (Å²) in [4.78, 5) is 0. The van der Waals surface area contributed by atoms with E-state index >= 15 is 0 Å². The molecule has 278 valence electrons. The van der Waals surface area contributed by atoms with Crippen molar-refractivity contribution < 1.29 is 0 Å². The first-order valence-electron chi connectivity index (χ1n) is 20.7. The second kappa shape index (κ2) is 11.7. The third-order valence-corrected chi connectivity index (χ3v) is 15.6. The van der Waals surface area contributed by atoms with Gasteiger partial charge in [0, 0.05) is 8.95 Å². The average molecular weight is 889 g/mol. The second-order valence-electron chi connectivity index (χ2n) is 16.9. The molecular formula is C58H32Br2. The minimum absolute atomic E-state index is 0.401. The van der Waals surface area contributed by atoms with E-state index in [9.17, 15) is 0 Å². The van der Waals surface area contributed by atoms with Crippen molar-refractivity contribution in [2.24, 2.45) is 0 Å². The molecule has 4 aliphatic rings. The van der Waals surface area contributed by atoms with Crippen LogP contribution in [-0.4, -0.2) is 0 Å². The zero-order valence-corrected chi connectivity index (χ0v) is 35.4. The Bertz CT molecular complexity index is 3590. The summed E-state index contributed by atoms with van der Waals surface area (Å²) in [6.45, 7) is 0. The van der Waals surface area contributed by atoms with Crippen LogP contribution in [0.25, 0.3) is 77.2 Å². The summed E-state index contributed by atoms with van der Waals surface area (Å²) in [5, 5.41) is 5.12. The van der Waals surface area contributed by atoms with Gasteiger partial charge in [-0.15, -0.1) is 0 Å². The van der Waals surface area contributed by atoms with Gasteiger partial charge >= 0.3 is 0 Å². The predicted octanol–water partition coefficient (Wildman–Crippen LogP) is 15.9. The molecule has 0 saturated carbocycles. The van der Waals surface area contributed by atoms with Gasteiger partial charge in [-0.2, -0.15) is 0 Å². The van der Waals surface area contributed by atoms with Gasteiger partial charge in [0.2, 0.25) is 0 Å². The monoisotopic (exact) mass is 886 g/mol. The highest BCUT2D eigenvalue weighted by atomic mass is 79.9. The van der Waals surface area contributed by atoms with Gasteiger partial charge in [0.1, 0.15) is 0 Å². The van der Waals surface area contributed by atoms with Gasteiger partial charge in [0.05, 0.1) is 10.8 Å². The van der Waals surface area contributed by atoms with E-state index in [2.05, 4.69) is 226 Å². The molecule has 2 atom stereocenters. The van der Waals surface area contributed by atoms with Crippen LogP contribution in [0.5, 0.6) is 0 Å². The molecule has 60 heavy (non-hydrogen) atoms. The predicted molar refractivity (Wildman–Crippen MR) is 255 cm³/mol. The molecule has 0 N–H and O–H groups in total. The fourth-order valence-electron chi connectivity index (χ4n) is 12.4. The number of halogens is 2. The number of hydrogen-bond acceptors (Lipinski definition) is 0. The van der Waals surface area contributed by atoms with Crippen molar-refractivity contribution in [1.29, 1.82) is 0 Å². The standard InChI is InChI=1S/C58H32Br2/c59-36-27-30-48-44(32-36)39-13-3-6-18-45(39)57(48)46-19-7-4-14-40(46)55-43-31-35(24-23-34(43)26-28-50(55)57)38-16-9-21-49-54(38)42-17-10-22-52(60)56(42)58(49)47-20-8-5-15-41(47)53-37-12-2-1-11-33(37)25-29-51(53)58/h1-32H. The Morgan fingerprint density at radius 3 is 1.62 bits per heavy atom. The number of benzene rings is 10. The molecule has 10 aromatic carbocycles. The van der Waals surface area contributed by atoms with E-state index in [4.69, 9.17) is 0 Å². The van der Waals surface area contributed by atoms with Crippen molar-refractivity contribution in [1.82, 2.24) is 0 Å². The van der Waals surface area contributed by atoms with Crippen LogP contribution < -0.4 is 0 Å². The van der Waals surface area contributed by atoms with E-state index in [-0.39, 0.29) is 0 Å². The Balaban J connectivity index is 1.06. The highest BCUT2D eigenvalue weighted by Crippen LogP contribution is 2.67. The quantitative estimate of drug-likeness (QED) is 0.154. The first kappa shape index (κ1) is 33.5. The minimum atomic E-state index is -0.474. The summed E-state index contributed by atoms with van der Waals surface area (Å²) >= 11 is 7.98. The van der Waals surface area contributed by atoms with Gasteiger partial charge in [-0.05, 0) is 146 Å². The first-order valence-corrected chi connectivity index (χ1v) is 22.3. The molecular weight excluding hydrogens is 856 g/mol. The third-order valence-electron chi connectivity index (χ3n) is 14.4. The summed E-state index contributed by atoms with van der Waals surface area (Å²) in [7, 11) is 0. The zero-order valence-electron chi connectivity index (χ0n) is 32.2. The molecule has 2 heteroatoms. The van der Waals surface area contributed by atoms with Crippen LogP contribution in [0.2, 0.25) is 0 Å². The lowest BCUT2D eigenvalue weighted by Crippen LogP contribution is -2.26. The van der Waals surface area contributed by atoms with E-state index < -0.39 is 10.8 Å². The van der Waals surface area contributed by atoms with E-state index in [1.54, 1.807) is 0 Å². The van der Waals surface area contributed by atoms with Crippen molar-refractivity contribution in [2.45, 2.75) is 10.8 Å².